The summed E-state index contributed by atoms with van der Waals surface area (Å²) < 4.78 is 4.56. The van der Waals surface area contributed by atoms with Crippen molar-refractivity contribution in [2.24, 2.45) is 5.73 Å². The van der Waals surface area contributed by atoms with Gasteiger partial charge in [0.25, 0.3) is 0 Å². The monoisotopic (exact) mass is 274 g/mol. The van der Waals surface area contributed by atoms with E-state index in [1.807, 2.05) is 12.1 Å². The van der Waals surface area contributed by atoms with Crippen molar-refractivity contribution in [1.82, 2.24) is 4.90 Å². The summed E-state index contributed by atoms with van der Waals surface area (Å²) in [6.07, 6.45) is 5.63. The first-order valence-corrected chi connectivity index (χ1v) is 7.02. The molecule has 1 heterocycles. The summed E-state index contributed by atoms with van der Waals surface area (Å²) in [5.41, 5.74) is 8.06. The van der Waals surface area contributed by atoms with Crippen molar-refractivity contribution in [1.29, 1.82) is 0 Å². The molecule has 0 spiro atoms. The molecule has 1 saturated heterocycles. The van der Waals surface area contributed by atoms with Crippen LogP contribution in [0.5, 0.6) is 0 Å². The third-order valence-corrected chi connectivity index (χ3v) is 3.75. The zero-order valence-electron chi connectivity index (χ0n) is 11.9. The number of likely N-dealkylation sites (tertiary alicyclic amines) is 1. The quantitative estimate of drug-likeness (QED) is 0.657. The Morgan fingerprint density at radius 1 is 1.45 bits per heavy atom. The molecule has 2 rings (SSSR count). The van der Waals surface area contributed by atoms with Crippen LogP contribution < -0.4 is 5.73 Å². The number of carbonyl (C=O) groups is 1. The summed E-state index contributed by atoms with van der Waals surface area (Å²) in [4.78, 5) is 13.5. The number of hydrogen-bond acceptors (Lipinski definition) is 4. The van der Waals surface area contributed by atoms with Gasteiger partial charge in [-0.05, 0) is 36.6 Å². The van der Waals surface area contributed by atoms with E-state index < -0.39 is 0 Å². The highest BCUT2D eigenvalue weighted by molar-refractivity contribution is 5.86. The highest BCUT2D eigenvalue weighted by Crippen LogP contribution is 2.19. The minimum absolute atomic E-state index is 0.336. The van der Waals surface area contributed by atoms with Crippen molar-refractivity contribution in [3.05, 3.63) is 41.5 Å². The fourth-order valence-corrected chi connectivity index (χ4v) is 2.57. The summed E-state index contributed by atoms with van der Waals surface area (Å²) in [5.74, 6) is -0.336. The van der Waals surface area contributed by atoms with E-state index in [2.05, 4.69) is 21.8 Å². The highest BCUT2D eigenvalue weighted by atomic mass is 16.5. The van der Waals surface area contributed by atoms with E-state index >= 15 is 0 Å². The van der Waals surface area contributed by atoms with Crippen LogP contribution in [0.15, 0.2) is 30.3 Å². The lowest BCUT2D eigenvalue weighted by atomic mass is 10.1. The van der Waals surface area contributed by atoms with Gasteiger partial charge in [0.1, 0.15) is 0 Å². The third kappa shape index (κ3) is 3.92. The molecular formula is C16H22N2O2. The minimum Gasteiger partial charge on any atom is -0.466 e. The summed E-state index contributed by atoms with van der Waals surface area (Å²) in [6, 6.07) is 8.75. The minimum atomic E-state index is -0.336. The van der Waals surface area contributed by atoms with Crippen LogP contribution >= 0.6 is 0 Å². The average Bonchev–Trinajstić information content (AvgIpc) is 2.93. The van der Waals surface area contributed by atoms with Gasteiger partial charge in [-0.2, -0.15) is 0 Å². The molecule has 0 bridgehead atoms. The second-order valence-corrected chi connectivity index (χ2v) is 5.10. The van der Waals surface area contributed by atoms with Crippen molar-refractivity contribution in [2.75, 3.05) is 20.2 Å². The number of benzene rings is 1. The first kappa shape index (κ1) is 14.8. The molecule has 0 saturated carbocycles. The van der Waals surface area contributed by atoms with E-state index in [1.54, 1.807) is 6.08 Å². The van der Waals surface area contributed by atoms with Crippen LogP contribution in [0.2, 0.25) is 0 Å². The third-order valence-electron chi connectivity index (χ3n) is 3.75. The molecule has 20 heavy (non-hydrogen) atoms. The summed E-state index contributed by atoms with van der Waals surface area (Å²) in [7, 11) is 1.37. The van der Waals surface area contributed by atoms with E-state index in [0.717, 1.165) is 25.2 Å². The topological polar surface area (TPSA) is 55.6 Å². The molecule has 1 aromatic carbocycles. The van der Waals surface area contributed by atoms with Crippen LogP contribution in [-0.2, 0) is 16.1 Å². The van der Waals surface area contributed by atoms with Gasteiger partial charge < -0.3 is 10.5 Å². The largest absolute Gasteiger partial charge is 0.466 e. The molecule has 0 amide bonds. The summed E-state index contributed by atoms with van der Waals surface area (Å²) in [6.45, 7) is 2.81. The Morgan fingerprint density at radius 3 is 2.85 bits per heavy atom. The second-order valence-electron chi connectivity index (χ2n) is 5.10. The number of methoxy groups -OCH3 is 1. The highest BCUT2D eigenvalue weighted by Gasteiger charge is 2.22. The maximum absolute atomic E-state index is 11.0. The molecule has 1 fully saturated rings. The Hall–Kier alpha value is -1.65. The fourth-order valence-electron chi connectivity index (χ4n) is 2.57. The molecule has 0 aromatic heterocycles. The van der Waals surface area contributed by atoms with Crippen LogP contribution in [0.1, 0.15) is 24.0 Å². The molecule has 2 N–H and O–H groups in total. The smallest absolute Gasteiger partial charge is 0.330 e. The Morgan fingerprint density at radius 2 is 2.20 bits per heavy atom. The zero-order valence-corrected chi connectivity index (χ0v) is 11.9. The first-order chi connectivity index (χ1) is 9.72. The second kappa shape index (κ2) is 7.22. The Bertz CT molecular complexity index is 468. The van der Waals surface area contributed by atoms with Gasteiger partial charge in [0.15, 0.2) is 0 Å². The van der Waals surface area contributed by atoms with E-state index in [1.165, 1.54) is 31.6 Å². The van der Waals surface area contributed by atoms with Gasteiger partial charge in [-0.1, -0.05) is 24.3 Å². The van der Waals surface area contributed by atoms with Crippen molar-refractivity contribution in [2.45, 2.75) is 25.4 Å². The van der Waals surface area contributed by atoms with Crippen LogP contribution in [0.3, 0.4) is 0 Å². The maximum Gasteiger partial charge on any atom is 0.330 e. The molecule has 0 radical (unpaired) electrons. The lowest BCUT2D eigenvalue weighted by Crippen LogP contribution is -2.34. The van der Waals surface area contributed by atoms with Gasteiger partial charge in [-0.25, -0.2) is 4.79 Å². The SMILES string of the molecule is COC(=O)C=Cc1ccc(CN2CCC[C@@H]2CN)cc1. The van der Waals surface area contributed by atoms with E-state index in [0.29, 0.717) is 6.04 Å². The molecule has 1 aromatic rings. The molecule has 1 aliphatic heterocycles. The molecule has 0 unspecified atom stereocenters. The first-order valence-electron chi connectivity index (χ1n) is 7.02. The predicted octanol–water partition coefficient (Wildman–Crippen LogP) is 1.80. The number of ether oxygens (including phenoxy) is 1. The van der Waals surface area contributed by atoms with Gasteiger partial charge in [-0.15, -0.1) is 0 Å². The van der Waals surface area contributed by atoms with E-state index in [-0.39, 0.29) is 5.97 Å². The maximum atomic E-state index is 11.0. The fraction of sp³-hybridized carbons (Fsp3) is 0.438. The molecule has 0 aliphatic carbocycles. The number of nitrogens with two attached hydrogens (primary N) is 1. The standard InChI is InChI=1S/C16H22N2O2/c1-20-16(19)9-8-13-4-6-14(7-5-13)12-18-10-2-3-15(18)11-17/h4-9,15H,2-3,10-12,17H2,1H3/t15-/m1/s1. The van der Waals surface area contributed by atoms with Crippen LogP contribution in [0, 0.1) is 0 Å². The average molecular weight is 274 g/mol. The molecule has 4 heteroatoms. The van der Waals surface area contributed by atoms with E-state index in [9.17, 15) is 4.79 Å². The number of nitrogens with zero attached hydrogens (tertiary/aromatic N) is 1. The number of carbonyl (C=O) groups excluding carboxylic acids is 1. The molecule has 1 atom stereocenters. The summed E-state index contributed by atoms with van der Waals surface area (Å²) >= 11 is 0. The molecular weight excluding hydrogens is 252 g/mol. The normalized spacial score (nSPS) is 19.6. The van der Waals surface area contributed by atoms with E-state index in [4.69, 9.17) is 5.73 Å². The molecule has 4 nitrogen and oxygen atoms in total. The lowest BCUT2D eigenvalue weighted by Gasteiger charge is -2.23. The molecule has 108 valence electrons. The van der Waals surface area contributed by atoms with Gasteiger partial charge in [-0.3, -0.25) is 4.90 Å². The van der Waals surface area contributed by atoms with Gasteiger partial charge in [0.05, 0.1) is 7.11 Å². The van der Waals surface area contributed by atoms with Crippen LogP contribution in [-0.4, -0.2) is 37.1 Å². The predicted molar refractivity (Wildman–Crippen MR) is 80.0 cm³/mol. The molecule has 1 aliphatic rings. The zero-order chi connectivity index (χ0) is 14.4. The number of esters is 1. The van der Waals surface area contributed by atoms with Crippen LogP contribution in [0.25, 0.3) is 6.08 Å². The van der Waals surface area contributed by atoms with Crippen molar-refractivity contribution >= 4 is 12.0 Å². The van der Waals surface area contributed by atoms with Crippen molar-refractivity contribution in [3.8, 4) is 0 Å². The Balaban J connectivity index is 1.94. The number of rotatable bonds is 5. The van der Waals surface area contributed by atoms with Gasteiger partial charge in [0, 0.05) is 25.2 Å². The van der Waals surface area contributed by atoms with Gasteiger partial charge >= 0.3 is 5.97 Å². The van der Waals surface area contributed by atoms with Crippen molar-refractivity contribution in [3.63, 3.8) is 0 Å². The van der Waals surface area contributed by atoms with Crippen molar-refractivity contribution < 1.29 is 9.53 Å². The summed E-state index contributed by atoms with van der Waals surface area (Å²) in [5, 5.41) is 0. The van der Waals surface area contributed by atoms with Gasteiger partial charge in [0.2, 0.25) is 0 Å². The Labute approximate surface area is 120 Å². The Kier molecular flexibility index (Phi) is 5.32. The number of hydrogen-bond donors (Lipinski definition) is 1. The lowest BCUT2D eigenvalue weighted by molar-refractivity contribution is -0.134. The van der Waals surface area contributed by atoms with Crippen LogP contribution in [0.4, 0.5) is 0 Å².